The minimum atomic E-state index is 0. The van der Waals surface area contributed by atoms with Crippen LogP contribution in [0.2, 0.25) is 0 Å². The summed E-state index contributed by atoms with van der Waals surface area (Å²) in [4.78, 5) is 0. The maximum absolute atomic E-state index is 2.32. The van der Waals surface area contributed by atoms with E-state index in [1.165, 1.54) is 16.7 Å². The van der Waals surface area contributed by atoms with Crippen molar-refractivity contribution in [2.75, 3.05) is 0 Å². The Kier molecular flexibility index (Phi) is 5.12. The smallest absolute Gasteiger partial charge is 0.147 e. The van der Waals surface area contributed by atoms with Crippen molar-refractivity contribution in [3.63, 3.8) is 0 Å². The van der Waals surface area contributed by atoms with Crippen molar-refractivity contribution in [1.82, 2.24) is 0 Å². The van der Waals surface area contributed by atoms with Crippen LogP contribution in [0.5, 0.6) is 0 Å². The SMILES string of the molecule is Cc1cccc2c1C=C[C]2(C)[Zr].Cl.Cl. The van der Waals surface area contributed by atoms with E-state index in [1.807, 2.05) is 0 Å². The summed E-state index contributed by atoms with van der Waals surface area (Å²) in [5.74, 6) is 0. The van der Waals surface area contributed by atoms with Gasteiger partial charge in [-0.15, -0.1) is 24.8 Å². The standard InChI is InChI=1S/C11H11.2ClH.Zr/c1-8-4-3-5-10-9(2)6-7-11(8)10;;;/h3-7H,1-2H3;2*1H;. The Labute approximate surface area is 113 Å². The molecule has 0 aromatic heterocycles. The summed E-state index contributed by atoms with van der Waals surface area (Å²) in [6.45, 7) is 4.48. The van der Waals surface area contributed by atoms with E-state index in [-0.39, 0.29) is 24.8 Å². The van der Waals surface area contributed by atoms with Crippen molar-refractivity contribution in [3.05, 3.63) is 41.0 Å². The average Bonchev–Trinajstić information content (AvgIpc) is 2.30. The quantitative estimate of drug-likeness (QED) is 0.686. The zero-order chi connectivity index (χ0) is 8.77. The van der Waals surface area contributed by atoms with Crippen molar-refractivity contribution in [2.45, 2.75) is 17.0 Å². The molecular weight excluding hydrogens is 294 g/mol. The van der Waals surface area contributed by atoms with Crippen LogP contribution in [-0.2, 0) is 27.8 Å². The first-order valence-electron chi connectivity index (χ1n) is 4.15. The third kappa shape index (κ3) is 2.32. The van der Waals surface area contributed by atoms with Gasteiger partial charge in [-0.05, 0) is 0 Å². The van der Waals surface area contributed by atoms with Crippen LogP contribution in [0.4, 0.5) is 0 Å². The molecule has 0 aliphatic heterocycles. The number of hydrogen-bond donors (Lipinski definition) is 0. The van der Waals surface area contributed by atoms with Gasteiger partial charge in [-0.1, -0.05) is 0 Å². The van der Waals surface area contributed by atoms with Gasteiger partial charge in [-0.3, -0.25) is 0 Å². The van der Waals surface area contributed by atoms with Crippen molar-refractivity contribution in [3.8, 4) is 0 Å². The molecule has 1 atom stereocenters. The van der Waals surface area contributed by atoms with E-state index in [9.17, 15) is 0 Å². The Morgan fingerprint density at radius 1 is 1.21 bits per heavy atom. The minimum absolute atomic E-state index is 0. The summed E-state index contributed by atoms with van der Waals surface area (Å²) in [6, 6.07) is 6.58. The molecule has 0 saturated heterocycles. The second-order valence-corrected chi connectivity index (χ2v) is 6.12. The van der Waals surface area contributed by atoms with E-state index >= 15 is 0 Å². The summed E-state index contributed by atoms with van der Waals surface area (Å²) >= 11 is 1.57. The van der Waals surface area contributed by atoms with Crippen LogP contribution < -0.4 is 0 Å². The van der Waals surface area contributed by atoms with Gasteiger partial charge in [-0.25, -0.2) is 0 Å². The first-order valence-corrected chi connectivity index (χ1v) is 5.38. The van der Waals surface area contributed by atoms with Crippen LogP contribution in [0.3, 0.4) is 0 Å². The fourth-order valence-electron chi connectivity index (χ4n) is 1.69. The Bertz CT molecular complexity index is 356. The number of fused-ring (bicyclic) bond motifs is 1. The molecule has 3 heteroatoms. The normalized spacial score (nSPS) is 22.1. The van der Waals surface area contributed by atoms with E-state index in [4.69, 9.17) is 0 Å². The predicted octanol–water partition coefficient (Wildman–Crippen LogP) is 3.63. The molecule has 0 radical (unpaired) electrons. The molecule has 75 valence electrons. The van der Waals surface area contributed by atoms with Crippen LogP contribution in [0.1, 0.15) is 23.6 Å². The van der Waals surface area contributed by atoms with Gasteiger partial charge in [0.25, 0.3) is 0 Å². The molecule has 0 N–H and O–H groups in total. The number of halogens is 2. The van der Waals surface area contributed by atoms with Gasteiger partial charge in [0.1, 0.15) is 0 Å². The molecule has 0 spiro atoms. The molecule has 2 rings (SSSR count). The molecule has 1 aliphatic carbocycles. The molecule has 1 aromatic rings. The number of rotatable bonds is 0. The third-order valence-corrected chi connectivity index (χ3v) is 3.54. The second-order valence-electron chi connectivity index (χ2n) is 3.57. The Balaban J connectivity index is 0.000000845. The van der Waals surface area contributed by atoms with Gasteiger partial charge in [0.2, 0.25) is 0 Å². The first kappa shape index (κ1) is 14.4. The zero-order valence-corrected chi connectivity index (χ0v) is 12.3. The zero-order valence-electron chi connectivity index (χ0n) is 8.20. The molecule has 0 bridgehead atoms. The van der Waals surface area contributed by atoms with Crippen LogP contribution >= 0.6 is 24.8 Å². The number of hydrogen-bond acceptors (Lipinski definition) is 0. The molecule has 14 heavy (non-hydrogen) atoms. The van der Waals surface area contributed by atoms with Crippen LogP contribution in [0, 0.1) is 6.92 Å². The molecule has 1 unspecified atom stereocenters. The second kappa shape index (κ2) is 4.97. The molecule has 0 amide bonds. The van der Waals surface area contributed by atoms with Crippen molar-refractivity contribution < 1.29 is 24.7 Å². The number of allylic oxidation sites excluding steroid dienone is 1. The minimum Gasteiger partial charge on any atom is -0.147 e. The predicted molar refractivity (Wildman–Crippen MR) is 62.1 cm³/mol. The molecule has 0 heterocycles. The fourth-order valence-corrected chi connectivity index (χ4v) is 2.44. The number of aryl methyl sites for hydroxylation is 1. The summed E-state index contributed by atoms with van der Waals surface area (Å²) in [5.41, 5.74) is 4.34. The summed E-state index contributed by atoms with van der Waals surface area (Å²) in [7, 11) is 0. The van der Waals surface area contributed by atoms with Crippen molar-refractivity contribution >= 4 is 30.9 Å². The molecule has 0 nitrogen and oxygen atoms in total. The molecule has 0 fully saturated rings. The Morgan fingerprint density at radius 2 is 1.86 bits per heavy atom. The summed E-state index contributed by atoms with van der Waals surface area (Å²) < 4.78 is 0.327. The summed E-state index contributed by atoms with van der Waals surface area (Å²) in [5, 5.41) is 0. The van der Waals surface area contributed by atoms with Crippen molar-refractivity contribution in [1.29, 1.82) is 0 Å². The third-order valence-electron chi connectivity index (χ3n) is 2.47. The molecule has 0 saturated carbocycles. The van der Waals surface area contributed by atoms with Gasteiger partial charge in [0, 0.05) is 0 Å². The Hall–Kier alpha value is 0.423. The van der Waals surface area contributed by atoms with E-state index in [1.54, 1.807) is 24.7 Å². The van der Waals surface area contributed by atoms with Crippen LogP contribution in [0.15, 0.2) is 24.3 Å². The summed E-state index contributed by atoms with van der Waals surface area (Å²) in [6.07, 6.45) is 4.59. The molecule has 1 aliphatic rings. The molecular formula is C11H13Cl2Zr. The maximum Gasteiger partial charge on any atom is -0.147 e. The number of benzene rings is 1. The van der Waals surface area contributed by atoms with E-state index < -0.39 is 0 Å². The molecule has 1 aromatic carbocycles. The Morgan fingerprint density at radius 3 is 2.43 bits per heavy atom. The van der Waals surface area contributed by atoms with Crippen LogP contribution in [0.25, 0.3) is 6.08 Å². The topological polar surface area (TPSA) is 0 Å². The van der Waals surface area contributed by atoms with E-state index in [0.29, 0.717) is 3.12 Å². The monoisotopic (exact) mass is 305 g/mol. The van der Waals surface area contributed by atoms with Gasteiger partial charge in [0.15, 0.2) is 0 Å². The van der Waals surface area contributed by atoms with E-state index in [2.05, 4.69) is 44.2 Å². The van der Waals surface area contributed by atoms with Gasteiger partial charge in [0.05, 0.1) is 0 Å². The largest absolute Gasteiger partial charge is 0.147 e. The maximum atomic E-state index is 2.32. The van der Waals surface area contributed by atoms with E-state index in [0.717, 1.165) is 0 Å². The van der Waals surface area contributed by atoms with Crippen molar-refractivity contribution in [2.24, 2.45) is 0 Å². The van der Waals surface area contributed by atoms with Crippen LogP contribution in [-0.4, -0.2) is 0 Å². The first-order chi connectivity index (χ1) is 5.61. The van der Waals surface area contributed by atoms with Gasteiger partial charge in [-0.2, -0.15) is 0 Å². The average molecular weight is 307 g/mol. The fraction of sp³-hybridized carbons (Fsp3) is 0.273. The van der Waals surface area contributed by atoms with Gasteiger partial charge < -0.3 is 0 Å². The van der Waals surface area contributed by atoms with Gasteiger partial charge >= 0.3 is 88.7 Å².